The third-order valence-corrected chi connectivity index (χ3v) is 2.42. The second-order valence-electron chi connectivity index (χ2n) is 3.50. The molecule has 90 valence electrons. The van der Waals surface area contributed by atoms with Crippen LogP contribution in [0.2, 0.25) is 0 Å². The Morgan fingerprint density at radius 2 is 2.12 bits per heavy atom. The molecule has 0 aliphatic heterocycles. The van der Waals surface area contributed by atoms with Crippen molar-refractivity contribution in [1.29, 1.82) is 0 Å². The minimum absolute atomic E-state index is 0.538. The average molecular weight is 236 g/mol. The van der Waals surface area contributed by atoms with Crippen molar-refractivity contribution in [2.24, 2.45) is 5.92 Å². The normalized spacial score (nSPS) is 13.8. The highest BCUT2D eigenvalue weighted by atomic mass is 19.4. The second kappa shape index (κ2) is 4.15. The second-order valence-corrected chi connectivity index (χ2v) is 3.50. The molecule has 1 atom stereocenters. The van der Waals surface area contributed by atoms with Gasteiger partial charge in [-0.3, -0.25) is 4.79 Å². The standard InChI is InChI=1S/C9H11F3N2O2/c1-5-6(2)14(4-13-5)3-7(8(15)16)9(10,11)12/h4,7H,3H2,1-2H3,(H,15,16). The molecule has 4 nitrogen and oxygen atoms in total. The summed E-state index contributed by atoms with van der Waals surface area (Å²) in [6.07, 6.45) is -3.54. The van der Waals surface area contributed by atoms with Crippen molar-refractivity contribution in [3.63, 3.8) is 0 Å². The van der Waals surface area contributed by atoms with E-state index < -0.39 is 24.6 Å². The minimum atomic E-state index is -4.75. The molecule has 0 saturated carbocycles. The van der Waals surface area contributed by atoms with Gasteiger partial charge in [-0.15, -0.1) is 0 Å². The van der Waals surface area contributed by atoms with Crippen molar-refractivity contribution in [2.45, 2.75) is 26.6 Å². The van der Waals surface area contributed by atoms with Crippen LogP contribution in [0.5, 0.6) is 0 Å². The van der Waals surface area contributed by atoms with Crippen LogP contribution in [0.25, 0.3) is 0 Å². The Hall–Kier alpha value is -1.53. The van der Waals surface area contributed by atoms with Crippen LogP contribution >= 0.6 is 0 Å². The Bertz CT molecular complexity index is 398. The molecule has 0 bridgehead atoms. The first-order chi connectivity index (χ1) is 7.23. The Balaban J connectivity index is 2.93. The van der Waals surface area contributed by atoms with Crippen LogP contribution in [0.15, 0.2) is 6.33 Å². The van der Waals surface area contributed by atoms with Gasteiger partial charge in [-0.25, -0.2) is 4.98 Å². The van der Waals surface area contributed by atoms with E-state index in [0.29, 0.717) is 11.4 Å². The first-order valence-corrected chi connectivity index (χ1v) is 4.51. The summed E-state index contributed by atoms with van der Waals surface area (Å²) in [6, 6.07) is 0. The molecule has 0 fully saturated rings. The molecule has 0 aliphatic rings. The van der Waals surface area contributed by atoms with E-state index >= 15 is 0 Å². The molecule has 0 amide bonds. The van der Waals surface area contributed by atoms with E-state index in [0.717, 1.165) is 0 Å². The van der Waals surface area contributed by atoms with Crippen LogP contribution in [-0.2, 0) is 11.3 Å². The molecule has 0 saturated heterocycles. The molecule has 0 spiro atoms. The number of halogens is 3. The molecule has 1 unspecified atom stereocenters. The maximum Gasteiger partial charge on any atom is 0.403 e. The third kappa shape index (κ3) is 2.53. The Labute approximate surface area is 89.7 Å². The monoisotopic (exact) mass is 236 g/mol. The van der Waals surface area contributed by atoms with Gasteiger partial charge in [0.05, 0.1) is 12.0 Å². The summed E-state index contributed by atoms with van der Waals surface area (Å²) in [5.74, 6) is -4.28. The number of rotatable bonds is 3. The molecule has 7 heteroatoms. The predicted octanol–water partition coefficient (Wildman–Crippen LogP) is 1.76. The van der Waals surface area contributed by atoms with E-state index in [2.05, 4.69) is 4.98 Å². The number of alkyl halides is 3. The summed E-state index contributed by atoms with van der Waals surface area (Å²) >= 11 is 0. The summed E-state index contributed by atoms with van der Waals surface area (Å²) in [7, 11) is 0. The topological polar surface area (TPSA) is 55.1 Å². The summed E-state index contributed by atoms with van der Waals surface area (Å²) in [6.45, 7) is 2.60. The zero-order chi connectivity index (χ0) is 12.5. The molecular weight excluding hydrogens is 225 g/mol. The van der Waals surface area contributed by atoms with Crippen molar-refractivity contribution in [2.75, 3.05) is 0 Å². The quantitative estimate of drug-likeness (QED) is 0.870. The third-order valence-electron chi connectivity index (χ3n) is 2.42. The van der Waals surface area contributed by atoms with Gasteiger partial charge in [-0.2, -0.15) is 13.2 Å². The van der Waals surface area contributed by atoms with Crippen molar-refractivity contribution >= 4 is 5.97 Å². The number of hydrogen-bond acceptors (Lipinski definition) is 2. The molecule has 1 heterocycles. The highest BCUT2D eigenvalue weighted by molar-refractivity contribution is 5.70. The van der Waals surface area contributed by atoms with E-state index in [4.69, 9.17) is 5.11 Å². The van der Waals surface area contributed by atoms with Crippen LogP contribution in [0.4, 0.5) is 13.2 Å². The number of aryl methyl sites for hydroxylation is 1. The molecule has 0 aliphatic carbocycles. The lowest BCUT2D eigenvalue weighted by Crippen LogP contribution is -2.34. The molecular formula is C9H11F3N2O2. The molecule has 0 radical (unpaired) electrons. The Morgan fingerprint density at radius 1 is 1.56 bits per heavy atom. The molecule has 1 aromatic rings. The number of carboxylic acids is 1. The number of aliphatic carboxylic acids is 1. The Kier molecular flexibility index (Phi) is 3.25. The van der Waals surface area contributed by atoms with Crippen molar-refractivity contribution in [3.8, 4) is 0 Å². The summed E-state index contributed by atoms with van der Waals surface area (Å²) in [4.78, 5) is 14.3. The lowest BCUT2D eigenvalue weighted by Gasteiger charge is -2.17. The van der Waals surface area contributed by atoms with Crippen LogP contribution in [0.1, 0.15) is 11.4 Å². The van der Waals surface area contributed by atoms with Crippen molar-refractivity contribution in [3.05, 3.63) is 17.7 Å². The van der Waals surface area contributed by atoms with Crippen molar-refractivity contribution in [1.82, 2.24) is 9.55 Å². The Morgan fingerprint density at radius 3 is 2.44 bits per heavy atom. The molecule has 1 aromatic heterocycles. The fourth-order valence-corrected chi connectivity index (χ4v) is 1.25. The number of carbonyl (C=O) groups is 1. The van der Waals surface area contributed by atoms with E-state index in [9.17, 15) is 18.0 Å². The minimum Gasteiger partial charge on any atom is -0.481 e. The maximum atomic E-state index is 12.4. The van der Waals surface area contributed by atoms with E-state index in [1.54, 1.807) is 13.8 Å². The first-order valence-electron chi connectivity index (χ1n) is 4.51. The fraction of sp³-hybridized carbons (Fsp3) is 0.556. The molecule has 1 N–H and O–H groups in total. The molecule has 16 heavy (non-hydrogen) atoms. The van der Waals surface area contributed by atoms with Gasteiger partial charge >= 0.3 is 12.1 Å². The van der Waals surface area contributed by atoms with Gasteiger partial charge in [0.25, 0.3) is 0 Å². The summed E-state index contributed by atoms with van der Waals surface area (Å²) < 4.78 is 38.3. The lowest BCUT2D eigenvalue weighted by atomic mass is 10.1. The first kappa shape index (κ1) is 12.5. The molecule has 1 rings (SSSR count). The zero-order valence-corrected chi connectivity index (χ0v) is 8.75. The van der Waals surface area contributed by atoms with Gasteiger partial charge in [-0.1, -0.05) is 0 Å². The van der Waals surface area contributed by atoms with Gasteiger partial charge in [-0.05, 0) is 13.8 Å². The van der Waals surface area contributed by atoms with Gasteiger partial charge in [0, 0.05) is 12.2 Å². The predicted molar refractivity (Wildman–Crippen MR) is 48.9 cm³/mol. The average Bonchev–Trinajstić information content (AvgIpc) is 2.42. The molecule has 0 aromatic carbocycles. The number of imidazole rings is 1. The van der Waals surface area contributed by atoms with Gasteiger partial charge < -0.3 is 9.67 Å². The van der Waals surface area contributed by atoms with E-state index in [1.807, 2.05) is 0 Å². The van der Waals surface area contributed by atoms with Gasteiger partial charge in [0.15, 0.2) is 5.92 Å². The fourth-order valence-electron chi connectivity index (χ4n) is 1.25. The summed E-state index contributed by atoms with van der Waals surface area (Å²) in [5, 5.41) is 8.51. The maximum absolute atomic E-state index is 12.4. The number of aromatic nitrogens is 2. The summed E-state index contributed by atoms with van der Waals surface area (Å²) in [5.41, 5.74) is 1.13. The van der Waals surface area contributed by atoms with Gasteiger partial charge in [0.2, 0.25) is 0 Å². The van der Waals surface area contributed by atoms with Crippen LogP contribution in [0, 0.1) is 19.8 Å². The number of nitrogens with zero attached hydrogens (tertiary/aromatic N) is 2. The van der Waals surface area contributed by atoms with Crippen LogP contribution < -0.4 is 0 Å². The van der Waals surface area contributed by atoms with E-state index in [1.165, 1.54) is 10.9 Å². The van der Waals surface area contributed by atoms with Crippen molar-refractivity contribution < 1.29 is 23.1 Å². The lowest BCUT2D eigenvalue weighted by molar-refractivity contribution is -0.196. The van der Waals surface area contributed by atoms with E-state index in [-0.39, 0.29) is 0 Å². The number of carboxylic acid groups (broad SMARTS) is 1. The van der Waals surface area contributed by atoms with Gasteiger partial charge in [0.1, 0.15) is 0 Å². The van der Waals surface area contributed by atoms with Crippen LogP contribution in [-0.4, -0.2) is 26.8 Å². The smallest absolute Gasteiger partial charge is 0.403 e. The number of hydrogen-bond donors (Lipinski definition) is 1. The largest absolute Gasteiger partial charge is 0.481 e. The zero-order valence-electron chi connectivity index (χ0n) is 8.75. The highest BCUT2D eigenvalue weighted by Crippen LogP contribution is 2.28. The highest BCUT2D eigenvalue weighted by Gasteiger charge is 2.45. The SMILES string of the molecule is Cc1ncn(CC(C(=O)O)C(F)(F)F)c1C. The van der Waals surface area contributed by atoms with Crippen LogP contribution in [0.3, 0.4) is 0 Å².